The smallest absolute Gasteiger partial charge is 0.462 e. The molecule has 0 spiro atoms. The highest BCUT2D eigenvalue weighted by Crippen LogP contribution is 2.43. The monoisotopic (exact) mass is 825 g/mol. The minimum absolute atomic E-state index is 0.00848. The predicted molar refractivity (Wildman–Crippen MR) is 235 cm³/mol. The van der Waals surface area contributed by atoms with Crippen LogP contribution in [0.1, 0.15) is 162 Å². The Labute approximate surface area is 348 Å². The second-order valence-electron chi connectivity index (χ2n) is 15.9. The number of likely N-dealkylation sites (N-methyl/N-ethyl adjacent to an activating group) is 1. The summed E-state index contributed by atoms with van der Waals surface area (Å²) < 4.78 is 34.2. The van der Waals surface area contributed by atoms with Crippen molar-refractivity contribution in [2.45, 2.75) is 174 Å². The van der Waals surface area contributed by atoms with Gasteiger partial charge < -0.3 is 24.0 Å². The number of hydrogen-bond acceptors (Lipinski definition) is 8. The lowest BCUT2D eigenvalue weighted by Crippen LogP contribution is -2.37. The largest absolute Gasteiger partial charge is 0.472 e. The third-order valence-electron chi connectivity index (χ3n) is 9.14. The topological polar surface area (TPSA) is 129 Å². The van der Waals surface area contributed by atoms with Gasteiger partial charge in [0.05, 0.1) is 33.9 Å². The molecule has 0 aliphatic rings. The Morgan fingerprint density at radius 3 is 1.82 bits per heavy atom. The first kappa shape index (κ1) is 54.7. The third kappa shape index (κ3) is 41.6. The van der Waals surface area contributed by atoms with Crippen molar-refractivity contribution in [1.29, 1.82) is 0 Å². The number of phosphoric ester groups is 1. The van der Waals surface area contributed by atoms with Gasteiger partial charge in [-0.15, -0.1) is 0 Å². The van der Waals surface area contributed by atoms with Crippen LogP contribution >= 0.6 is 7.82 Å². The summed E-state index contributed by atoms with van der Waals surface area (Å²) in [7, 11) is 1.40. The van der Waals surface area contributed by atoms with Crippen molar-refractivity contribution >= 4 is 19.8 Å². The van der Waals surface area contributed by atoms with E-state index in [4.69, 9.17) is 18.5 Å². The highest BCUT2D eigenvalue weighted by molar-refractivity contribution is 7.47. The lowest BCUT2D eigenvalue weighted by atomic mass is 10.0. The summed E-state index contributed by atoms with van der Waals surface area (Å²) in [6.45, 7) is 4.14. The molecular formula is C46H83NO9P+. The molecule has 330 valence electrons. The molecule has 0 radical (unpaired) electrons. The molecule has 0 fully saturated rings. The Bertz CT molecular complexity index is 1170. The summed E-state index contributed by atoms with van der Waals surface area (Å²) in [6, 6.07) is 0. The minimum atomic E-state index is -4.41. The number of nitrogens with zero attached hydrogens (tertiary/aromatic N) is 1. The van der Waals surface area contributed by atoms with Crippen molar-refractivity contribution < 1.29 is 47.2 Å². The summed E-state index contributed by atoms with van der Waals surface area (Å²) in [6.07, 6.45) is 41.6. The highest BCUT2D eigenvalue weighted by atomic mass is 31.2. The Morgan fingerprint density at radius 2 is 1.21 bits per heavy atom. The SMILES string of the molecule is CC/C=C\C/C=C\CC(O)/C=C/C=C\C/C=C\CCCC(=O)O[C@H](COC(=O)CCCCCCCCCCCCCCCCC)COP(=O)(O)OCC[N+](C)(C)C. The number of carbonyl (C=O) groups is 2. The van der Waals surface area contributed by atoms with Crippen molar-refractivity contribution in [1.82, 2.24) is 0 Å². The fourth-order valence-electron chi connectivity index (χ4n) is 5.66. The molecule has 2 unspecified atom stereocenters. The van der Waals surface area contributed by atoms with Gasteiger partial charge in [-0.05, 0) is 44.9 Å². The fraction of sp³-hybridized carbons (Fsp3) is 0.739. The first-order valence-corrected chi connectivity index (χ1v) is 23.6. The number of rotatable bonds is 39. The van der Waals surface area contributed by atoms with Crippen LogP contribution < -0.4 is 0 Å². The van der Waals surface area contributed by atoms with Gasteiger partial charge in [0.15, 0.2) is 6.10 Å². The van der Waals surface area contributed by atoms with Crippen molar-refractivity contribution in [2.24, 2.45) is 0 Å². The molecule has 0 aromatic carbocycles. The highest BCUT2D eigenvalue weighted by Gasteiger charge is 2.27. The van der Waals surface area contributed by atoms with Gasteiger partial charge in [-0.25, -0.2) is 4.57 Å². The van der Waals surface area contributed by atoms with Crippen LogP contribution in [-0.2, 0) is 32.7 Å². The lowest BCUT2D eigenvalue weighted by molar-refractivity contribution is -0.870. The van der Waals surface area contributed by atoms with Gasteiger partial charge >= 0.3 is 19.8 Å². The summed E-state index contributed by atoms with van der Waals surface area (Å²) in [4.78, 5) is 35.3. The zero-order valence-corrected chi connectivity index (χ0v) is 37.6. The van der Waals surface area contributed by atoms with Crippen LogP contribution in [0.3, 0.4) is 0 Å². The van der Waals surface area contributed by atoms with Crippen LogP contribution in [0.15, 0.2) is 60.8 Å². The van der Waals surface area contributed by atoms with Crippen molar-refractivity contribution in [3.63, 3.8) is 0 Å². The normalized spacial score (nSPS) is 14.7. The molecule has 0 rings (SSSR count). The molecule has 3 atom stereocenters. The predicted octanol–water partition coefficient (Wildman–Crippen LogP) is 11.4. The molecule has 0 aromatic heterocycles. The molecule has 10 nitrogen and oxygen atoms in total. The first-order chi connectivity index (χ1) is 27.4. The third-order valence-corrected chi connectivity index (χ3v) is 10.1. The quantitative estimate of drug-likeness (QED) is 0.0155. The Hall–Kier alpha value is -2.33. The summed E-state index contributed by atoms with van der Waals surface area (Å²) in [5, 5.41) is 10.0. The number of hydrogen-bond donors (Lipinski definition) is 2. The Balaban J connectivity index is 4.52. The van der Waals surface area contributed by atoms with E-state index in [1.165, 1.54) is 77.0 Å². The molecule has 0 amide bonds. The van der Waals surface area contributed by atoms with E-state index < -0.39 is 38.6 Å². The van der Waals surface area contributed by atoms with Crippen LogP contribution in [0.5, 0.6) is 0 Å². The van der Waals surface area contributed by atoms with E-state index in [1.807, 2.05) is 57.6 Å². The molecule has 57 heavy (non-hydrogen) atoms. The molecule has 0 aliphatic heterocycles. The number of carbonyl (C=O) groups excluding carboxylic acids is 2. The molecule has 0 aromatic rings. The van der Waals surface area contributed by atoms with Gasteiger partial charge in [-0.3, -0.25) is 18.6 Å². The Morgan fingerprint density at radius 1 is 0.649 bits per heavy atom. The van der Waals surface area contributed by atoms with Crippen LogP contribution in [-0.4, -0.2) is 86.1 Å². The number of ether oxygens (including phenoxy) is 2. The zero-order valence-electron chi connectivity index (χ0n) is 36.7. The number of allylic oxidation sites excluding steroid dienone is 8. The van der Waals surface area contributed by atoms with E-state index >= 15 is 0 Å². The van der Waals surface area contributed by atoms with E-state index in [1.54, 1.807) is 6.08 Å². The maximum atomic E-state index is 12.7. The number of quaternary nitrogens is 1. The van der Waals surface area contributed by atoms with Crippen LogP contribution in [0.4, 0.5) is 0 Å². The number of unbranched alkanes of at least 4 members (excludes halogenated alkanes) is 15. The number of aliphatic hydroxyl groups is 1. The van der Waals surface area contributed by atoms with Gasteiger partial charge in [0.1, 0.15) is 19.8 Å². The number of esters is 2. The molecule has 0 bridgehead atoms. The molecule has 0 saturated heterocycles. The van der Waals surface area contributed by atoms with E-state index in [0.29, 0.717) is 30.3 Å². The average Bonchev–Trinajstić information content (AvgIpc) is 3.15. The van der Waals surface area contributed by atoms with Gasteiger partial charge in [0, 0.05) is 12.8 Å². The average molecular weight is 825 g/mol. The van der Waals surface area contributed by atoms with E-state index in [-0.39, 0.29) is 26.1 Å². The number of aliphatic hydroxyl groups excluding tert-OH is 1. The molecule has 0 heterocycles. The van der Waals surface area contributed by atoms with Crippen molar-refractivity contribution in [3.05, 3.63) is 60.8 Å². The Kier molecular flexibility index (Phi) is 36.4. The van der Waals surface area contributed by atoms with Crippen molar-refractivity contribution in [3.8, 4) is 0 Å². The molecule has 2 N–H and O–H groups in total. The van der Waals surface area contributed by atoms with Crippen LogP contribution in [0.25, 0.3) is 0 Å². The molecular weight excluding hydrogens is 741 g/mol. The van der Waals surface area contributed by atoms with Crippen LogP contribution in [0, 0.1) is 0 Å². The summed E-state index contributed by atoms with van der Waals surface area (Å²) in [5.41, 5.74) is 0. The second-order valence-corrected chi connectivity index (χ2v) is 17.4. The van der Waals surface area contributed by atoms with Crippen molar-refractivity contribution in [2.75, 3.05) is 47.5 Å². The maximum absolute atomic E-state index is 12.7. The van der Waals surface area contributed by atoms with Crippen LogP contribution in [0.2, 0.25) is 0 Å². The fourth-order valence-corrected chi connectivity index (χ4v) is 6.40. The molecule has 11 heteroatoms. The number of phosphoric acid groups is 1. The molecule has 0 aliphatic carbocycles. The minimum Gasteiger partial charge on any atom is -0.462 e. The van der Waals surface area contributed by atoms with Gasteiger partial charge in [0.2, 0.25) is 0 Å². The lowest BCUT2D eigenvalue weighted by Gasteiger charge is -2.24. The molecule has 0 saturated carbocycles. The maximum Gasteiger partial charge on any atom is 0.472 e. The van der Waals surface area contributed by atoms with Gasteiger partial charge in [-0.2, -0.15) is 0 Å². The summed E-state index contributed by atoms with van der Waals surface area (Å²) in [5.74, 6) is -0.906. The van der Waals surface area contributed by atoms with E-state index in [9.17, 15) is 24.2 Å². The second kappa shape index (κ2) is 37.9. The zero-order chi connectivity index (χ0) is 42.3. The van der Waals surface area contributed by atoms with E-state index in [2.05, 4.69) is 32.1 Å². The van der Waals surface area contributed by atoms with Gasteiger partial charge in [-0.1, -0.05) is 164 Å². The summed E-state index contributed by atoms with van der Waals surface area (Å²) >= 11 is 0. The van der Waals surface area contributed by atoms with E-state index in [0.717, 1.165) is 38.5 Å². The standard InChI is InChI=1S/C46H82NO9P/c1-6-8-10-12-14-15-16-17-18-19-20-21-25-29-33-37-45(49)53-41-44(42-55-57(51,52)54-40-39-47(3,4)5)56-46(50)38-34-30-26-23-22-24-28-32-36-43(48)35-31-27-13-11-9-7-2/h9,11,23-24,26-28,31-32,36,43-44,48H,6-8,10,12-22,25,29-30,33-35,37-42H2,1-5H3/p+1/b11-9-,26-23-,28-24-,31-27-,36-32+/t43?,44-/m1/s1. The van der Waals surface area contributed by atoms with Gasteiger partial charge in [0.25, 0.3) is 0 Å². The first-order valence-electron chi connectivity index (χ1n) is 22.1.